The number of hydrogen-bond acceptors (Lipinski definition) is 4. The highest BCUT2D eigenvalue weighted by Crippen LogP contribution is 2.33. The zero-order valence-corrected chi connectivity index (χ0v) is 18.4. The molecule has 4 nitrogen and oxygen atoms in total. The smallest absolute Gasteiger partial charge is 0.161 e. The minimum absolute atomic E-state index is 0.247. The van der Waals surface area contributed by atoms with Crippen LogP contribution in [0.5, 0.6) is 0 Å². The second kappa shape index (κ2) is 9.82. The van der Waals surface area contributed by atoms with Crippen LogP contribution >= 0.6 is 23.4 Å². The zero-order valence-electron chi connectivity index (χ0n) is 16.8. The predicted molar refractivity (Wildman–Crippen MR) is 117 cm³/mol. The Kier molecular flexibility index (Phi) is 7.16. The van der Waals surface area contributed by atoms with Gasteiger partial charge in [0.25, 0.3) is 0 Å². The molecule has 0 amide bonds. The summed E-state index contributed by atoms with van der Waals surface area (Å²) in [6.07, 6.45) is 10.6. The molecule has 7 heteroatoms. The first-order valence-electron chi connectivity index (χ1n) is 10.4. The summed E-state index contributed by atoms with van der Waals surface area (Å²) < 4.78 is 21.3. The molecule has 0 N–H and O–H groups in total. The molecule has 1 saturated heterocycles. The van der Waals surface area contributed by atoms with Crippen LogP contribution < -0.4 is 0 Å². The number of morpholine rings is 1. The molecule has 2 aromatic rings. The Morgan fingerprint density at radius 2 is 1.90 bits per heavy atom. The van der Waals surface area contributed by atoms with Crippen molar-refractivity contribution < 1.29 is 9.13 Å². The molecule has 2 heterocycles. The van der Waals surface area contributed by atoms with Gasteiger partial charge in [0.2, 0.25) is 0 Å². The molecule has 1 aliphatic carbocycles. The van der Waals surface area contributed by atoms with E-state index in [1.165, 1.54) is 18.0 Å². The molecule has 2 unspecified atom stereocenters. The Labute approximate surface area is 181 Å². The van der Waals surface area contributed by atoms with Crippen molar-refractivity contribution in [1.82, 2.24) is 14.7 Å². The van der Waals surface area contributed by atoms with Crippen molar-refractivity contribution in [3.05, 3.63) is 53.1 Å². The number of rotatable bonds is 6. The maximum Gasteiger partial charge on any atom is 0.161 e. The van der Waals surface area contributed by atoms with E-state index in [4.69, 9.17) is 16.3 Å². The van der Waals surface area contributed by atoms with E-state index >= 15 is 0 Å². The number of thioether (sulfide) groups is 1. The quantitative estimate of drug-likeness (QED) is 0.647. The second-order valence-electron chi connectivity index (χ2n) is 8.19. The molecule has 1 aromatic heterocycles. The maximum absolute atomic E-state index is 13.3. The standard InChI is InChI=1S/C22H29ClFN3OS/c1-29-15-22-13-26(21(14-28-22)10-16-2-4-17(23)5-3-16)19-6-8-20(9-7-19)27-12-18(24)11-25-27/h2-5,11-12,19-22H,6-10,13-15H2,1H3. The van der Waals surface area contributed by atoms with Gasteiger partial charge in [-0.3, -0.25) is 9.58 Å². The van der Waals surface area contributed by atoms with Crippen LogP contribution in [-0.2, 0) is 11.2 Å². The minimum Gasteiger partial charge on any atom is -0.374 e. The maximum atomic E-state index is 13.3. The van der Waals surface area contributed by atoms with E-state index in [1.807, 2.05) is 28.6 Å². The second-order valence-corrected chi connectivity index (χ2v) is 9.54. The normalized spacial score (nSPS) is 28.5. The van der Waals surface area contributed by atoms with Crippen molar-refractivity contribution >= 4 is 23.4 Å². The Morgan fingerprint density at radius 3 is 2.55 bits per heavy atom. The zero-order chi connectivity index (χ0) is 20.2. The van der Waals surface area contributed by atoms with Crippen molar-refractivity contribution in [2.45, 2.75) is 56.3 Å². The van der Waals surface area contributed by atoms with E-state index in [9.17, 15) is 4.39 Å². The van der Waals surface area contributed by atoms with Crippen LogP contribution in [0.1, 0.15) is 37.3 Å². The van der Waals surface area contributed by atoms with Gasteiger partial charge < -0.3 is 4.74 Å². The van der Waals surface area contributed by atoms with E-state index in [0.29, 0.717) is 24.2 Å². The molecular formula is C22H29ClFN3OS. The Morgan fingerprint density at radius 1 is 1.17 bits per heavy atom. The molecule has 0 radical (unpaired) electrons. The molecule has 158 valence electrons. The topological polar surface area (TPSA) is 30.3 Å². The van der Waals surface area contributed by atoms with E-state index in [1.54, 1.807) is 0 Å². The monoisotopic (exact) mass is 437 g/mol. The summed E-state index contributed by atoms with van der Waals surface area (Å²) in [6, 6.07) is 9.44. The van der Waals surface area contributed by atoms with E-state index < -0.39 is 0 Å². The highest BCUT2D eigenvalue weighted by atomic mass is 35.5. The van der Waals surface area contributed by atoms with Crippen molar-refractivity contribution in [3.63, 3.8) is 0 Å². The van der Waals surface area contributed by atoms with E-state index in [-0.39, 0.29) is 5.82 Å². The summed E-state index contributed by atoms with van der Waals surface area (Å²) in [5, 5.41) is 4.96. The van der Waals surface area contributed by atoms with Crippen molar-refractivity contribution in [2.24, 2.45) is 0 Å². The molecule has 0 bridgehead atoms. The van der Waals surface area contributed by atoms with Crippen LogP contribution in [0.3, 0.4) is 0 Å². The fraction of sp³-hybridized carbons (Fsp3) is 0.591. The number of halogens is 2. The average Bonchev–Trinajstić information content (AvgIpc) is 3.17. The average molecular weight is 438 g/mol. The number of nitrogens with zero attached hydrogens (tertiary/aromatic N) is 3. The molecule has 4 rings (SSSR count). The van der Waals surface area contributed by atoms with Gasteiger partial charge in [0.1, 0.15) is 0 Å². The summed E-state index contributed by atoms with van der Waals surface area (Å²) >= 11 is 7.91. The first kappa shape index (κ1) is 21.2. The van der Waals surface area contributed by atoms with Crippen LogP contribution in [-0.4, -0.2) is 58.0 Å². The third-order valence-electron chi connectivity index (χ3n) is 6.22. The Bertz CT molecular complexity index is 779. The molecule has 29 heavy (non-hydrogen) atoms. The first-order chi connectivity index (χ1) is 14.1. The summed E-state index contributed by atoms with van der Waals surface area (Å²) in [6.45, 7) is 1.77. The van der Waals surface area contributed by atoms with Gasteiger partial charge in [-0.2, -0.15) is 16.9 Å². The third kappa shape index (κ3) is 5.35. The summed E-state index contributed by atoms with van der Waals surface area (Å²) in [4.78, 5) is 2.69. The van der Waals surface area contributed by atoms with Crippen LogP contribution in [0.25, 0.3) is 0 Å². The first-order valence-corrected chi connectivity index (χ1v) is 12.2. The van der Waals surface area contributed by atoms with Gasteiger partial charge in [-0.05, 0) is 56.1 Å². The third-order valence-corrected chi connectivity index (χ3v) is 7.18. The lowest BCUT2D eigenvalue weighted by Gasteiger charge is -2.46. The highest BCUT2D eigenvalue weighted by molar-refractivity contribution is 7.98. The van der Waals surface area contributed by atoms with Crippen molar-refractivity contribution in [2.75, 3.05) is 25.2 Å². The molecule has 1 saturated carbocycles. The predicted octanol–water partition coefficient (Wildman–Crippen LogP) is 4.83. The molecular weight excluding hydrogens is 409 g/mol. The van der Waals surface area contributed by atoms with Gasteiger partial charge in [0.05, 0.1) is 31.1 Å². The molecule has 2 fully saturated rings. The van der Waals surface area contributed by atoms with Crippen LogP contribution in [0.15, 0.2) is 36.7 Å². The molecule has 2 atom stereocenters. The van der Waals surface area contributed by atoms with Gasteiger partial charge in [-0.25, -0.2) is 4.39 Å². The molecule has 2 aliphatic rings. The summed E-state index contributed by atoms with van der Waals surface area (Å²) in [5.74, 6) is 0.787. The van der Waals surface area contributed by atoms with E-state index in [0.717, 1.165) is 56.0 Å². The van der Waals surface area contributed by atoms with Gasteiger partial charge in [0.15, 0.2) is 5.82 Å². The van der Waals surface area contributed by atoms with Crippen molar-refractivity contribution in [3.8, 4) is 0 Å². The minimum atomic E-state index is -0.247. The SMILES string of the molecule is CSCC1CN(C2CCC(n3cc(F)cn3)CC2)C(Cc2ccc(Cl)cc2)CO1. The molecule has 0 spiro atoms. The summed E-state index contributed by atoms with van der Waals surface area (Å²) in [7, 11) is 0. The van der Waals surface area contributed by atoms with E-state index in [2.05, 4.69) is 28.4 Å². The number of benzene rings is 1. The molecule has 1 aromatic carbocycles. The lowest BCUT2D eigenvalue weighted by atomic mass is 9.88. The van der Waals surface area contributed by atoms with Gasteiger partial charge >= 0.3 is 0 Å². The summed E-state index contributed by atoms with van der Waals surface area (Å²) in [5.41, 5.74) is 1.30. The van der Waals surface area contributed by atoms with Crippen molar-refractivity contribution in [1.29, 1.82) is 0 Å². The highest BCUT2D eigenvalue weighted by Gasteiger charge is 2.36. The fourth-order valence-electron chi connectivity index (χ4n) is 4.75. The number of hydrogen-bond donors (Lipinski definition) is 0. The van der Waals surface area contributed by atoms with Crippen LogP contribution in [0, 0.1) is 5.82 Å². The largest absolute Gasteiger partial charge is 0.374 e. The number of ether oxygens (including phenoxy) is 1. The Balaban J connectivity index is 1.42. The lowest BCUT2D eigenvalue weighted by Crippen LogP contribution is -2.56. The fourth-order valence-corrected chi connectivity index (χ4v) is 5.45. The Hall–Kier alpha value is -1.08. The number of aromatic nitrogens is 2. The van der Waals surface area contributed by atoms with Crippen LogP contribution in [0.4, 0.5) is 4.39 Å². The van der Waals surface area contributed by atoms with Gasteiger partial charge in [-0.15, -0.1) is 0 Å². The van der Waals surface area contributed by atoms with Gasteiger partial charge in [0, 0.05) is 29.4 Å². The van der Waals surface area contributed by atoms with Crippen LogP contribution in [0.2, 0.25) is 5.02 Å². The lowest BCUT2D eigenvalue weighted by molar-refractivity contribution is -0.0760. The van der Waals surface area contributed by atoms with Gasteiger partial charge in [-0.1, -0.05) is 23.7 Å². The molecule has 1 aliphatic heterocycles.